The molecule has 4 heteroatoms. The predicted octanol–water partition coefficient (Wildman–Crippen LogP) is 1.97. The molecule has 0 aliphatic carbocycles. The topological polar surface area (TPSA) is 62.2 Å². The van der Waals surface area contributed by atoms with Gasteiger partial charge in [-0.3, -0.25) is 9.78 Å². The van der Waals surface area contributed by atoms with Gasteiger partial charge in [-0.1, -0.05) is 12.1 Å². The van der Waals surface area contributed by atoms with Crippen molar-refractivity contribution >= 4 is 16.7 Å². The maximum Gasteiger partial charge on any atom is 0.307 e. The third-order valence-electron chi connectivity index (χ3n) is 3.55. The Morgan fingerprint density at radius 1 is 1.33 bits per heavy atom. The van der Waals surface area contributed by atoms with Crippen LogP contribution >= 0.6 is 0 Å². The first-order chi connectivity index (χ1) is 8.74. The number of aliphatic carboxylic acids is 1. The highest BCUT2D eigenvalue weighted by Gasteiger charge is 2.29. The highest BCUT2D eigenvalue weighted by atomic mass is 16.4. The number of nitrogens with zero attached hydrogens (tertiary/aromatic N) is 1. The molecule has 0 radical (unpaired) electrons. The van der Waals surface area contributed by atoms with E-state index in [0.717, 1.165) is 16.3 Å². The van der Waals surface area contributed by atoms with E-state index in [1.165, 1.54) is 0 Å². The van der Waals surface area contributed by atoms with Gasteiger partial charge in [0.05, 0.1) is 5.92 Å². The van der Waals surface area contributed by atoms with Crippen LogP contribution in [0, 0.1) is 5.92 Å². The zero-order valence-electron chi connectivity index (χ0n) is 9.84. The van der Waals surface area contributed by atoms with Crippen LogP contribution in [0.15, 0.2) is 36.7 Å². The van der Waals surface area contributed by atoms with E-state index in [-0.39, 0.29) is 12.0 Å². The molecule has 1 aliphatic heterocycles. The van der Waals surface area contributed by atoms with Crippen LogP contribution in [-0.2, 0) is 4.79 Å². The van der Waals surface area contributed by atoms with E-state index in [2.05, 4.69) is 28.5 Å². The summed E-state index contributed by atoms with van der Waals surface area (Å²) in [5, 5.41) is 14.5. The molecule has 1 saturated heterocycles. The minimum Gasteiger partial charge on any atom is -0.481 e. The van der Waals surface area contributed by atoms with Gasteiger partial charge in [-0.2, -0.15) is 0 Å². The summed E-state index contributed by atoms with van der Waals surface area (Å²) in [7, 11) is 0. The smallest absolute Gasteiger partial charge is 0.307 e. The van der Waals surface area contributed by atoms with Crippen molar-refractivity contribution in [3.8, 4) is 0 Å². The fourth-order valence-corrected chi connectivity index (χ4v) is 2.50. The maximum atomic E-state index is 10.9. The minimum absolute atomic E-state index is 0.135. The average molecular weight is 242 g/mol. The molecular formula is C14H14N2O2. The monoisotopic (exact) mass is 242 g/mol. The van der Waals surface area contributed by atoms with E-state index < -0.39 is 5.97 Å². The normalized spacial score (nSPS) is 23.3. The second-order valence-corrected chi connectivity index (χ2v) is 4.71. The molecule has 1 fully saturated rings. The fourth-order valence-electron chi connectivity index (χ4n) is 2.50. The van der Waals surface area contributed by atoms with Crippen molar-refractivity contribution in [3.05, 3.63) is 42.2 Å². The Bertz CT molecular complexity index is 597. The Morgan fingerprint density at radius 2 is 2.22 bits per heavy atom. The van der Waals surface area contributed by atoms with E-state index >= 15 is 0 Å². The molecule has 2 N–H and O–H groups in total. The van der Waals surface area contributed by atoms with Crippen LogP contribution < -0.4 is 5.32 Å². The van der Waals surface area contributed by atoms with Gasteiger partial charge in [0.2, 0.25) is 0 Å². The van der Waals surface area contributed by atoms with E-state index in [1.807, 2.05) is 12.3 Å². The van der Waals surface area contributed by atoms with Gasteiger partial charge in [-0.15, -0.1) is 0 Å². The van der Waals surface area contributed by atoms with Gasteiger partial charge in [-0.05, 0) is 29.5 Å². The van der Waals surface area contributed by atoms with Gasteiger partial charge in [0, 0.05) is 30.4 Å². The Kier molecular flexibility index (Phi) is 2.72. The zero-order chi connectivity index (χ0) is 12.5. The summed E-state index contributed by atoms with van der Waals surface area (Å²) in [6.07, 6.45) is 4.26. The molecule has 0 saturated carbocycles. The van der Waals surface area contributed by atoms with Crippen molar-refractivity contribution < 1.29 is 9.90 Å². The Hall–Kier alpha value is -1.94. The summed E-state index contributed by atoms with van der Waals surface area (Å²) in [5.74, 6) is -0.993. The van der Waals surface area contributed by atoms with E-state index in [1.54, 1.807) is 6.20 Å². The third kappa shape index (κ3) is 1.95. The lowest BCUT2D eigenvalue weighted by Crippen LogP contribution is -2.17. The standard InChI is InChI=1S/C14H14N2O2/c17-14(18)12-6-13(16-8-12)10-2-1-9-3-4-15-7-11(9)5-10/h1-5,7,12-13,16H,6,8H2,(H,17,18). The van der Waals surface area contributed by atoms with Crippen LogP contribution in [0.5, 0.6) is 0 Å². The van der Waals surface area contributed by atoms with E-state index in [4.69, 9.17) is 5.11 Å². The molecule has 2 unspecified atom stereocenters. The number of pyridine rings is 1. The number of hydrogen-bond acceptors (Lipinski definition) is 3. The van der Waals surface area contributed by atoms with Gasteiger partial charge in [0.25, 0.3) is 0 Å². The van der Waals surface area contributed by atoms with Crippen molar-refractivity contribution in [3.63, 3.8) is 0 Å². The Morgan fingerprint density at radius 3 is 3.00 bits per heavy atom. The maximum absolute atomic E-state index is 10.9. The van der Waals surface area contributed by atoms with Gasteiger partial charge in [-0.25, -0.2) is 0 Å². The van der Waals surface area contributed by atoms with Crippen LogP contribution in [0.1, 0.15) is 18.0 Å². The third-order valence-corrected chi connectivity index (χ3v) is 3.55. The number of carboxylic acid groups (broad SMARTS) is 1. The number of nitrogens with one attached hydrogen (secondary N) is 1. The Labute approximate surface area is 105 Å². The highest BCUT2D eigenvalue weighted by Crippen LogP contribution is 2.29. The molecule has 2 heterocycles. The number of hydrogen-bond donors (Lipinski definition) is 2. The first-order valence-corrected chi connectivity index (χ1v) is 6.04. The molecule has 1 aliphatic rings. The first kappa shape index (κ1) is 11.2. The van der Waals surface area contributed by atoms with Gasteiger partial charge in [0.1, 0.15) is 0 Å². The average Bonchev–Trinajstić information content (AvgIpc) is 2.88. The number of carboxylic acids is 1. The van der Waals surface area contributed by atoms with Crippen LogP contribution in [-0.4, -0.2) is 22.6 Å². The lowest BCUT2D eigenvalue weighted by molar-refractivity contribution is -0.141. The summed E-state index contributed by atoms with van der Waals surface area (Å²) in [5.41, 5.74) is 1.14. The molecule has 2 aromatic rings. The SMILES string of the molecule is O=C(O)C1CNC(c2ccc3ccncc3c2)C1. The summed E-state index contributed by atoms with van der Waals surface area (Å²) >= 11 is 0. The van der Waals surface area contributed by atoms with Crippen LogP contribution in [0.25, 0.3) is 10.8 Å². The van der Waals surface area contributed by atoms with Crippen molar-refractivity contribution in [1.29, 1.82) is 0 Å². The van der Waals surface area contributed by atoms with Gasteiger partial charge in [0.15, 0.2) is 0 Å². The molecule has 0 amide bonds. The van der Waals surface area contributed by atoms with Crippen LogP contribution in [0.4, 0.5) is 0 Å². The number of carbonyl (C=O) groups is 1. The largest absolute Gasteiger partial charge is 0.481 e. The fraction of sp³-hybridized carbons (Fsp3) is 0.286. The molecule has 0 bridgehead atoms. The number of fused-ring (bicyclic) bond motifs is 1. The van der Waals surface area contributed by atoms with Gasteiger partial charge >= 0.3 is 5.97 Å². The predicted molar refractivity (Wildman–Crippen MR) is 68.2 cm³/mol. The first-order valence-electron chi connectivity index (χ1n) is 6.04. The van der Waals surface area contributed by atoms with Crippen LogP contribution in [0.3, 0.4) is 0 Å². The lowest BCUT2D eigenvalue weighted by atomic mass is 9.98. The molecule has 1 aromatic heterocycles. The summed E-state index contributed by atoms with van der Waals surface area (Å²) in [6, 6.07) is 8.31. The summed E-state index contributed by atoms with van der Waals surface area (Å²) in [4.78, 5) is 15.1. The number of rotatable bonds is 2. The highest BCUT2D eigenvalue weighted by molar-refractivity contribution is 5.82. The van der Waals surface area contributed by atoms with Gasteiger partial charge < -0.3 is 10.4 Å². The lowest BCUT2D eigenvalue weighted by Gasteiger charge is -2.11. The zero-order valence-corrected chi connectivity index (χ0v) is 9.84. The quantitative estimate of drug-likeness (QED) is 0.845. The minimum atomic E-state index is -0.715. The van der Waals surface area contributed by atoms with Crippen molar-refractivity contribution in [2.75, 3.05) is 6.54 Å². The van der Waals surface area contributed by atoms with Crippen molar-refractivity contribution in [1.82, 2.24) is 10.3 Å². The molecule has 92 valence electrons. The second kappa shape index (κ2) is 4.38. The number of benzene rings is 1. The molecule has 0 spiro atoms. The van der Waals surface area contributed by atoms with Crippen molar-refractivity contribution in [2.45, 2.75) is 12.5 Å². The van der Waals surface area contributed by atoms with Crippen LogP contribution in [0.2, 0.25) is 0 Å². The summed E-state index contributed by atoms with van der Waals surface area (Å²) < 4.78 is 0. The van der Waals surface area contributed by atoms with E-state index in [0.29, 0.717) is 13.0 Å². The Balaban J connectivity index is 1.89. The van der Waals surface area contributed by atoms with E-state index in [9.17, 15) is 4.79 Å². The van der Waals surface area contributed by atoms with Crippen molar-refractivity contribution in [2.24, 2.45) is 5.92 Å². The molecule has 1 aromatic carbocycles. The molecular weight excluding hydrogens is 228 g/mol. The molecule has 2 atom stereocenters. The number of aromatic nitrogens is 1. The molecule has 18 heavy (non-hydrogen) atoms. The molecule has 4 nitrogen and oxygen atoms in total. The summed E-state index contributed by atoms with van der Waals surface area (Å²) in [6.45, 7) is 0.547. The molecule has 3 rings (SSSR count). The second-order valence-electron chi connectivity index (χ2n) is 4.71.